The number of nitrogens with zero attached hydrogens (tertiary/aromatic N) is 1. The van der Waals surface area contributed by atoms with Gasteiger partial charge in [0.05, 0.1) is 0 Å². The minimum absolute atomic E-state index is 0.360. The molecule has 0 bridgehead atoms. The van der Waals surface area contributed by atoms with Crippen LogP contribution in [0.15, 0.2) is 18.2 Å². The summed E-state index contributed by atoms with van der Waals surface area (Å²) in [7, 11) is 2.22. The third kappa shape index (κ3) is 2.76. The van der Waals surface area contributed by atoms with E-state index in [1.807, 2.05) is 0 Å². The fourth-order valence-electron chi connectivity index (χ4n) is 3.02. The quantitative estimate of drug-likeness (QED) is 0.865. The fourth-order valence-corrected chi connectivity index (χ4v) is 3.02. The van der Waals surface area contributed by atoms with Gasteiger partial charge in [0, 0.05) is 19.1 Å². The molecule has 18 heavy (non-hydrogen) atoms. The van der Waals surface area contributed by atoms with E-state index in [9.17, 15) is 0 Å². The molecule has 1 aliphatic rings. The van der Waals surface area contributed by atoms with Crippen LogP contribution in [-0.2, 0) is 0 Å². The summed E-state index contributed by atoms with van der Waals surface area (Å²) < 4.78 is 0. The van der Waals surface area contributed by atoms with E-state index in [1.165, 1.54) is 29.7 Å². The maximum atomic E-state index is 6.03. The molecule has 0 heterocycles. The van der Waals surface area contributed by atoms with E-state index in [1.54, 1.807) is 0 Å². The molecule has 2 rings (SSSR count). The second kappa shape index (κ2) is 5.41. The average molecular weight is 246 g/mol. The first-order chi connectivity index (χ1) is 8.54. The zero-order valence-electron chi connectivity index (χ0n) is 12.1. The van der Waals surface area contributed by atoms with Gasteiger partial charge in [-0.2, -0.15) is 0 Å². The van der Waals surface area contributed by atoms with Crippen molar-refractivity contribution in [2.75, 3.05) is 20.1 Å². The van der Waals surface area contributed by atoms with Crippen molar-refractivity contribution in [3.05, 3.63) is 34.9 Å². The molecule has 3 atom stereocenters. The zero-order chi connectivity index (χ0) is 13.3. The Balaban J connectivity index is 2.16. The monoisotopic (exact) mass is 246 g/mol. The minimum atomic E-state index is 0.360. The molecular formula is C16H26N2. The molecule has 0 aromatic heterocycles. The van der Waals surface area contributed by atoms with Crippen molar-refractivity contribution in [2.24, 2.45) is 17.6 Å². The largest absolute Gasteiger partial charge is 0.329 e. The van der Waals surface area contributed by atoms with Crippen LogP contribution in [0.3, 0.4) is 0 Å². The number of likely N-dealkylation sites (N-methyl/N-ethyl adjacent to an activating group) is 1. The fraction of sp³-hybridized carbons (Fsp3) is 0.625. The van der Waals surface area contributed by atoms with E-state index in [0.29, 0.717) is 12.6 Å². The van der Waals surface area contributed by atoms with Crippen LogP contribution in [0.4, 0.5) is 0 Å². The highest BCUT2D eigenvalue weighted by molar-refractivity contribution is 5.36. The average Bonchev–Trinajstić information content (AvgIpc) is 2.99. The molecule has 0 spiro atoms. The highest BCUT2D eigenvalue weighted by Gasteiger charge is 2.34. The van der Waals surface area contributed by atoms with Crippen molar-refractivity contribution in [3.63, 3.8) is 0 Å². The number of benzene rings is 1. The molecule has 0 radical (unpaired) electrons. The molecule has 2 nitrogen and oxygen atoms in total. The molecule has 1 aromatic rings. The summed E-state index contributed by atoms with van der Waals surface area (Å²) in [5.74, 6) is 1.79. The lowest BCUT2D eigenvalue weighted by Crippen LogP contribution is -2.33. The molecule has 2 heteroatoms. The lowest BCUT2D eigenvalue weighted by Gasteiger charge is -2.30. The zero-order valence-corrected chi connectivity index (χ0v) is 12.1. The van der Waals surface area contributed by atoms with Crippen LogP contribution < -0.4 is 5.73 Å². The Morgan fingerprint density at radius 2 is 1.89 bits per heavy atom. The van der Waals surface area contributed by atoms with Crippen LogP contribution >= 0.6 is 0 Å². The maximum Gasteiger partial charge on any atom is 0.0472 e. The second-order valence-electron chi connectivity index (χ2n) is 5.97. The molecule has 1 saturated carbocycles. The van der Waals surface area contributed by atoms with E-state index >= 15 is 0 Å². The molecule has 1 aromatic carbocycles. The molecule has 0 aliphatic heterocycles. The van der Waals surface area contributed by atoms with Crippen molar-refractivity contribution < 1.29 is 0 Å². The Hall–Kier alpha value is -0.860. The highest BCUT2D eigenvalue weighted by Crippen LogP contribution is 2.39. The summed E-state index contributed by atoms with van der Waals surface area (Å²) in [5, 5.41) is 0. The summed E-state index contributed by atoms with van der Waals surface area (Å²) in [6, 6.07) is 6.88. The molecule has 1 fully saturated rings. The van der Waals surface area contributed by atoms with Crippen LogP contribution in [-0.4, -0.2) is 25.0 Å². The summed E-state index contributed by atoms with van der Waals surface area (Å²) in [6.45, 7) is 8.60. The first kappa shape index (κ1) is 13.6. The van der Waals surface area contributed by atoms with Crippen molar-refractivity contribution >= 4 is 0 Å². The molecule has 0 amide bonds. The van der Waals surface area contributed by atoms with Gasteiger partial charge in [-0.05, 0) is 55.8 Å². The summed E-state index contributed by atoms with van der Waals surface area (Å²) >= 11 is 0. The SMILES string of the molecule is Cc1cccc(C)c1C(CN)N(C)CC1CC1C. The number of rotatable bonds is 5. The first-order valence-electron chi connectivity index (χ1n) is 7.01. The Bertz CT molecular complexity index is 393. The van der Waals surface area contributed by atoms with Gasteiger partial charge in [-0.1, -0.05) is 25.1 Å². The van der Waals surface area contributed by atoms with Crippen LogP contribution in [0.5, 0.6) is 0 Å². The molecule has 0 saturated heterocycles. The van der Waals surface area contributed by atoms with Gasteiger partial charge in [0.1, 0.15) is 0 Å². The smallest absolute Gasteiger partial charge is 0.0472 e. The van der Waals surface area contributed by atoms with Gasteiger partial charge in [0.2, 0.25) is 0 Å². The van der Waals surface area contributed by atoms with Crippen LogP contribution in [0.2, 0.25) is 0 Å². The van der Waals surface area contributed by atoms with Crippen LogP contribution in [0.25, 0.3) is 0 Å². The summed E-state index contributed by atoms with van der Waals surface area (Å²) in [5.41, 5.74) is 10.2. The number of hydrogen-bond acceptors (Lipinski definition) is 2. The predicted molar refractivity (Wildman–Crippen MR) is 77.6 cm³/mol. The van der Waals surface area contributed by atoms with Gasteiger partial charge in [-0.3, -0.25) is 4.90 Å². The van der Waals surface area contributed by atoms with Crippen molar-refractivity contribution in [1.29, 1.82) is 0 Å². The normalized spacial score (nSPS) is 24.3. The lowest BCUT2D eigenvalue weighted by atomic mass is 9.95. The minimum Gasteiger partial charge on any atom is -0.329 e. The number of nitrogens with two attached hydrogens (primary N) is 1. The van der Waals surface area contributed by atoms with Gasteiger partial charge < -0.3 is 5.73 Å². The molecular weight excluding hydrogens is 220 g/mol. The maximum absolute atomic E-state index is 6.03. The standard InChI is InChI=1S/C16H26N2/c1-11-6-5-7-12(2)16(11)15(9-17)18(4)10-14-8-13(14)3/h5-7,13-15H,8-10,17H2,1-4H3. The van der Waals surface area contributed by atoms with Gasteiger partial charge in [-0.25, -0.2) is 0 Å². The summed E-state index contributed by atoms with van der Waals surface area (Å²) in [4.78, 5) is 2.45. The number of aryl methyl sites for hydroxylation is 2. The van der Waals surface area contributed by atoms with Crippen molar-refractivity contribution in [2.45, 2.75) is 33.2 Å². The van der Waals surface area contributed by atoms with Crippen LogP contribution in [0.1, 0.15) is 36.1 Å². The predicted octanol–water partition coefficient (Wildman–Crippen LogP) is 2.89. The third-order valence-electron chi connectivity index (χ3n) is 4.43. The molecule has 1 aliphatic carbocycles. The topological polar surface area (TPSA) is 29.3 Å². The third-order valence-corrected chi connectivity index (χ3v) is 4.43. The van der Waals surface area contributed by atoms with Crippen LogP contribution in [0, 0.1) is 25.7 Å². The first-order valence-corrected chi connectivity index (χ1v) is 7.01. The van der Waals surface area contributed by atoms with Gasteiger partial charge in [-0.15, -0.1) is 0 Å². The Kier molecular flexibility index (Phi) is 4.08. The van der Waals surface area contributed by atoms with E-state index in [0.717, 1.165) is 11.8 Å². The van der Waals surface area contributed by atoms with Crippen molar-refractivity contribution in [3.8, 4) is 0 Å². The van der Waals surface area contributed by atoms with E-state index in [2.05, 4.69) is 50.9 Å². The highest BCUT2D eigenvalue weighted by atomic mass is 15.1. The van der Waals surface area contributed by atoms with Gasteiger partial charge in [0.15, 0.2) is 0 Å². The lowest BCUT2D eigenvalue weighted by molar-refractivity contribution is 0.235. The van der Waals surface area contributed by atoms with Gasteiger partial charge >= 0.3 is 0 Å². The van der Waals surface area contributed by atoms with E-state index < -0.39 is 0 Å². The van der Waals surface area contributed by atoms with E-state index in [4.69, 9.17) is 5.73 Å². The number of hydrogen-bond donors (Lipinski definition) is 1. The molecule has 3 unspecified atom stereocenters. The van der Waals surface area contributed by atoms with E-state index in [-0.39, 0.29) is 0 Å². The Morgan fingerprint density at radius 1 is 1.33 bits per heavy atom. The Labute approximate surface area is 111 Å². The van der Waals surface area contributed by atoms with Gasteiger partial charge in [0.25, 0.3) is 0 Å². The Morgan fingerprint density at radius 3 is 2.33 bits per heavy atom. The van der Waals surface area contributed by atoms with Crippen molar-refractivity contribution in [1.82, 2.24) is 4.90 Å². The summed E-state index contributed by atoms with van der Waals surface area (Å²) in [6.07, 6.45) is 1.38. The molecule has 2 N–H and O–H groups in total. The molecule has 100 valence electrons. The second-order valence-corrected chi connectivity index (χ2v) is 5.97.